The lowest BCUT2D eigenvalue weighted by atomic mass is 10.0. The van der Waals surface area contributed by atoms with Crippen molar-refractivity contribution in [2.75, 3.05) is 47.5 Å². The van der Waals surface area contributed by atoms with Crippen molar-refractivity contribution >= 4 is 19.8 Å². The Balaban J connectivity index is 3.90. The topological polar surface area (TPSA) is 108 Å². The molecule has 99 heavy (non-hydrogen) atoms. The second kappa shape index (κ2) is 79.3. The molecule has 2 unspecified atom stereocenters. The van der Waals surface area contributed by atoms with E-state index in [4.69, 9.17) is 18.5 Å². The quantitative estimate of drug-likeness (QED) is 0.0211. The molecule has 0 aromatic carbocycles. The predicted molar refractivity (Wildman–Crippen MR) is 432 cm³/mol. The second-order valence-corrected chi connectivity index (χ2v) is 31.7. The van der Waals surface area contributed by atoms with Gasteiger partial charge in [-0.25, -0.2) is 4.57 Å². The van der Waals surface area contributed by atoms with Gasteiger partial charge in [0, 0.05) is 12.8 Å². The molecule has 9 nitrogen and oxygen atoms in total. The molecule has 0 aliphatic heterocycles. The normalized spacial score (nSPS) is 13.4. The number of allylic oxidation sites excluding steroid dienone is 14. The first-order chi connectivity index (χ1) is 48.5. The van der Waals surface area contributed by atoms with Gasteiger partial charge in [0.2, 0.25) is 0 Å². The first-order valence-corrected chi connectivity index (χ1v) is 44.3. The summed E-state index contributed by atoms with van der Waals surface area (Å²) in [6.07, 6.45) is 110. The maximum Gasteiger partial charge on any atom is 0.472 e. The molecule has 1 N–H and O–H groups in total. The number of phosphoric acid groups is 1. The minimum Gasteiger partial charge on any atom is -0.462 e. The number of nitrogens with zero attached hydrogens (tertiary/aromatic N) is 1. The van der Waals surface area contributed by atoms with E-state index in [2.05, 4.69) is 98.9 Å². The smallest absolute Gasteiger partial charge is 0.462 e. The summed E-state index contributed by atoms with van der Waals surface area (Å²) >= 11 is 0. The third-order valence-corrected chi connectivity index (χ3v) is 20.2. The fraction of sp³-hybridized carbons (Fsp3) is 0.820. The van der Waals surface area contributed by atoms with Crippen LogP contribution < -0.4 is 0 Å². The number of unbranched alkanes of at least 4 members (excludes halogenated alkanes) is 52. The van der Waals surface area contributed by atoms with Crippen molar-refractivity contribution < 1.29 is 42.1 Å². The van der Waals surface area contributed by atoms with E-state index in [1.807, 2.05) is 21.1 Å². The number of phosphoric ester groups is 1. The lowest BCUT2D eigenvalue weighted by molar-refractivity contribution is -0.870. The van der Waals surface area contributed by atoms with Gasteiger partial charge >= 0.3 is 19.8 Å². The standard InChI is InChI=1S/C89H164NO8P/c1-6-8-10-12-14-16-18-20-22-24-26-28-30-32-34-36-38-40-42-44-45-46-48-50-52-54-56-58-60-62-64-66-68-70-72-74-76-78-80-82-89(92)98-87(86-97-99(93,94)96-84-83-90(3,4)5)85-95-88(91)81-79-77-75-73-71-69-67-65-63-61-59-57-55-53-51-49-47-43-41-39-37-35-33-31-29-27-25-23-21-19-17-15-13-11-9-7-2/h8,10,14,16,20,22,26,28,32,34,38,40,44-45,87H,6-7,9,11-13,15,17-19,21,23-25,27,29-31,33,35-37,39,41-43,46-86H2,1-5H3/p+1/b10-8-,16-14-,22-20-,28-26-,34-32-,40-38-,45-44-. The van der Waals surface area contributed by atoms with Gasteiger partial charge in [-0.1, -0.05) is 420 Å². The number of ether oxygens (including phenoxy) is 2. The number of hydrogen-bond acceptors (Lipinski definition) is 7. The maximum atomic E-state index is 12.9. The van der Waals surface area contributed by atoms with E-state index < -0.39 is 26.5 Å². The van der Waals surface area contributed by atoms with Crippen LogP contribution in [0.25, 0.3) is 0 Å². The summed E-state index contributed by atoms with van der Waals surface area (Å²) in [6, 6.07) is 0. The predicted octanol–water partition coefficient (Wildman–Crippen LogP) is 28.8. The molecule has 0 aliphatic carbocycles. The number of esters is 2. The van der Waals surface area contributed by atoms with Crippen molar-refractivity contribution in [3.63, 3.8) is 0 Å². The molecule has 10 heteroatoms. The Morgan fingerprint density at radius 1 is 0.323 bits per heavy atom. The van der Waals surface area contributed by atoms with Gasteiger partial charge in [-0.15, -0.1) is 0 Å². The minimum atomic E-state index is -4.40. The number of likely N-dealkylation sites (N-methyl/N-ethyl adjacent to an activating group) is 1. The summed E-state index contributed by atoms with van der Waals surface area (Å²) in [4.78, 5) is 36.0. The Morgan fingerprint density at radius 3 is 0.859 bits per heavy atom. The molecule has 0 spiro atoms. The third kappa shape index (κ3) is 84.0. The van der Waals surface area contributed by atoms with Crippen LogP contribution in [0.2, 0.25) is 0 Å². The molecular weight excluding hydrogens is 1240 g/mol. The molecule has 0 fully saturated rings. The average Bonchev–Trinajstić information content (AvgIpc) is 0.989. The van der Waals surface area contributed by atoms with Crippen molar-refractivity contribution in [3.05, 3.63) is 85.1 Å². The van der Waals surface area contributed by atoms with E-state index in [0.29, 0.717) is 23.9 Å². The Morgan fingerprint density at radius 2 is 0.576 bits per heavy atom. The average molecular weight is 1410 g/mol. The molecule has 0 bridgehead atoms. The van der Waals surface area contributed by atoms with Crippen LogP contribution in [-0.2, 0) is 32.7 Å². The van der Waals surface area contributed by atoms with Crippen LogP contribution in [-0.4, -0.2) is 74.9 Å². The summed E-state index contributed by atoms with van der Waals surface area (Å²) in [5.74, 6) is -0.776. The van der Waals surface area contributed by atoms with Crippen molar-refractivity contribution in [2.45, 2.75) is 424 Å². The highest BCUT2D eigenvalue weighted by atomic mass is 31.2. The molecular formula is C89H165NO8P+. The second-order valence-electron chi connectivity index (χ2n) is 30.2. The molecule has 578 valence electrons. The molecule has 0 radical (unpaired) electrons. The Labute approximate surface area is 615 Å². The molecule has 0 rings (SSSR count). The highest BCUT2D eigenvalue weighted by molar-refractivity contribution is 7.47. The van der Waals surface area contributed by atoms with Crippen molar-refractivity contribution in [3.8, 4) is 0 Å². The number of rotatable bonds is 80. The highest BCUT2D eigenvalue weighted by Gasteiger charge is 2.27. The Bertz CT molecular complexity index is 1950. The first kappa shape index (κ1) is 96.2. The van der Waals surface area contributed by atoms with E-state index in [1.54, 1.807) is 0 Å². The zero-order valence-corrected chi connectivity index (χ0v) is 67.1. The number of quaternary nitrogens is 1. The van der Waals surface area contributed by atoms with Crippen LogP contribution in [0, 0.1) is 0 Å². The van der Waals surface area contributed by atoms with Crippen molar-refractivity contribution in [1.82, 2.24) is 0 Å². The van der Waals surface area contributed by atoms with Crippen molar-refractivity contribution in [1.29, 1.82) is 0 Å². The van der Waals surface area contributed by atoms with Gasteiger partial charge in [-0.2, -0.15) is 0 Å². The highest BCUT2D eigenvalue weighted by Crippen LogP contribution is 2.43. The first-order valence-electron chi connectivity index (χ1n) is 42.8. The SMILES string of the molecule is CC/C=C\C/C=C\C/C=C\C/C=C\C/C=C\C/C=C\C/C=C\CCCCCCCCCCCCCCCCCCCC(=O)OC(COC(=O)CCCCCCCCCCCCCCCCCCCCCCCCCCCCCCCCCCCCCC)COP(=O)(O)OCC[N+](C)(C)C. The fourth-order valence-corrected chi connectivity index (χ4v) is 13.5. The summed E-state index contributed by atoms with van der Waals surface area (Å²) in [6.45, 7) is 4.39. The van der Waals surface area contributed by atoms with Crippen LogP contribution >= 0.6 is 7.82 Å². The summed E-state index contributed by atoms with van der Waals surface area (Å²) in [5.41, 5.74) is 0. The van der Waals surface area contributed by atoms with E-state index in [9.17, 15) is 19.0 Å². The Hall–Kier alpha value is -2.81. The van der Waals surface area contributed by atoms with Crippen LogP contribution in [0.3, 0.4) is 0 Å². The van der Waals surface area contributed by atoms with Gasteiger partial charge in [-0.05, 0) is 70.6 Å². The van der Waals surface area contributed by atoms with Crippen LogP contribution in [0.1, 0.15) is 418 Å². The van der Waals surface area contributed by atoms with Crippen molar-refractivity contribution in [2.24, 2.45) is 0 Å². The van der Waals surface area contributed by atoms with Gasteiger partial charge in [-0.3, -0.25) is 18.6 Å². The largest absolute Gasteiger partial charge is 0.472 e. The molecule has 0 aliphatic rings. The van der Waals surface area contributed by atoms with Gasteiger partial charge < -0.3 is 18.9 Å². The van der Waals surface area contributed by atoms with Gasteiger partial charge in [0.1, 0.15) is 19.8 Å². The number of carbonyl (C=O) groups excluding carboxylic acids is 2. The van der Waals surface area contributed by atoms with E-state index in [1.165, 1.54) is 308 Å². The lowest BCUT2D eigenvalue weighted by Crippen LogP contribution is -2.37. The molecule has 0 amide bonds. The van der Waals surface area contributed by atoms with E-state index in [0.717, 1.165) is 77.0 Å². The lowest BCUT2D eigenvalue weighted by Gasteiger charge is -2.24. The molecule has 2 atom stereocenters. The summed E-state index contributed by atoms with van der Waals surface area (Å²) < 4.78 is 34.9. The summed E-state index contributed by atoms with van der Waals surface area (Å²) in [5, 5.41) is 0. The van der Waals surface area contributed by atoms with E-state index in [-0.39, 0.29) is 25.6 Å². The molecule has 0 aromatic rings. The zero-order chi connectivity index (χ0) is 71.8. The molecule has 0 saturated heterocycles. The summed E-state index contributed by atoms with van der Waals surface area (Å²) in [7, 11) is 1.49. The minimum absolute atomic E-state index is 0.0326. The van der Waals surface area contributed by atoms with Crippen LogP contribution in [0.4, 0.5) is 0 Å². The van der Waals surface area contributed by atoms with Gasteiger partial charge in [0.05, 0.1) is 27.7 Å². The van der Waals surface area contributed by atoms with Gasteiger partial charge in [0.15, 0.2) is 6.10 Å². The fourth-order valence-electron chi connectivity index (χ4n) is 12.7. The third-order valence-electron chi connectivity index (χ3n) is 19.2. The Kier molecular flexibility index (Phi) is 77.1. The zero-order valence-electron chi connectivity index (χ0n) is 66.2. The van der Waals surface area contributed by atoms with Gasteiger partial charge in [0.25, 0.3) is 0 Å². The molecule has 0 heterocycles. The molecule has 0 aromatic heterocycles. The number of carbonyl (C=O) groups is 2. The van der Waals surface area contributed by atoms with Crippen LogP contribution in [0.5, 0.6) is 0 Å². The number of hydrogen-bond donors (Lipinski definition) is 1. The monoisotopic (exact) mass is 1410 g/mol. The maximum absolute atomic E-state index is 12.9. The van der Waals surface area contributed by atoms with E-state index >= 15 is 0 Å². The molecule has 0 saturated carbocycles. The van der Waals surface area contributed by atoms with Crippen LogP contribution in [0.15, 0.2) is 85.1 Å².